The third-order valence-electron chi connectivity index (χ3n) is 7.02. The maximum atomic E-state index is 4.03. The molecule has 2 nitrogen and oxygen atoms in total. The molecule has 30 heavy (non-hydrogen) atoms. The Morgan fingerprint density at radius 2 is 1.37 bits per heavy atom. The van der Waals surface area contributed by atoms with Crippen LogP contribution < -0.4 is 5.32 Å². The van der Waals surface area contributed by atoms with Crippen LogP contribution in [0.4, 0.5) is 0 Å². The minimum absolute atomic E-state index is 0.392. The van der Waals surface area contributed by atoms with Crippen LogP contribution in [0.2, 0.25) is 0 Å². The van der Waals surface area contributed by atoms with Crippen LogP contribution in [-0.2, 0) is 6.54 Å². The standard InChI is InChI=1S/C27H29IN2/c28-24-14-8-7-13-23(24)19-29-26-22-15-17-30(18-16-22)27(26)25(20-9-3-1-4-10-20)21-11-5-2-6-12-21/h1-14,22,25-27,29H,15-19H2/t26-,27-/m1/s1/i28-2. The number of piperidine rings is 3. The zero-order valence-electron chi connectivity index (χ0n) is 17.3. The molecule has 0 spiro atoms. The highest BCUT2D eigenvalue weighted by atomic mass is 125. The van der Waals surface area contributed by atoms with Crippen molar-refractivity contribution in [3.8, 4) is 0 Å². The summed E-state index contributed by atoms with van der Waals surface area (Å²) >= 11 is 2.46. The molecule has 3 fully saturated rings. The largest absolute Gasteiger partial charge is 0.308 e. The molecule has 3 aromatic carbocycles. The quantitative estimate of drug-likeness (QED) is 0.433. The SMILES string of the molecule is [125I]c1ccccc1CN[C@@H]1C2CCN(CC2)[C@@H]1C(c1ccccc1)c1ccccc1. The van der Waals surface area contributed by atoms with Crippen molar-refractivity contribution in [1.82, 2.24) is 10.2 Å². The van der Waals surface area contributed by atoms with Gasteiger partial charge in [0.1, 0.15) is 0 Å². The number of nitrogens with one attached hydrogen (secondary N) is 1. The Morgan fingerprint density at radius 1 is 0.800 bits per heavy atom. The van der Waals surface area contributed by atoms with Crippen molar-refractivity contribution < 1.29 is 0 Å². The highest BCUT2D eigenvalue weighted by Crippen LogP contribution is 2.42. The number of fused-ring (bicyclic) bond motifs is 3. The molecule has 3 aliphatic rings. The molecular formula is C27H29IN2. The van der Waals surface area contributed by atoms with E-state index in [2.05, 4.69) is 118 Å². The number of rotatable bonds is 6. The molecule has 3 saturated heterocycles. The summed E-state index contributed by atoms with van der Waals surface area (Å²) in [6.45, 7) is 3.40. The Bertz CT molecular complexity index is 911. The minimum atomic E-state index is 0.392. The predicted molar refractivity (Wildman–Crippen MR) is 133 cm³/mol. The second-order valence-corrected chi connectivity index (χ2v) is 9.82. The highest BCUT2D eigenvalue weighted by Gasteiger charge is 2.46. The lowest BCUT2D eigenvalue weighted by molar-refractivity contribution is 0.00466. The Morgan fingerprint density at radius 3 is 1.97 bits per heavy atom. The van der Waals surface area contributed by atoms with E-state index in [9.17, 15) is 0 Å². The first-order valence-corrected chi connectivity index (χ1v) is 12.2. The van der Waals surface area contributed by atoms with Gasteiger partial charge in [-0.05, 0) is 77.2 Å². The monoisotopic (exact) mass is 506 g/mol. The molecule has 0 unspecified atom stereocenters. The molecule has 3 aromatic rings. The summed E-state index contributed by atoms with van der Waals surface area (Å²) in [5.41, 5.74) is 4.27. The van der Waals surface area contributed by atoms with Gasteiger partial charge in [0.05, 0.1) is 0 Å². The summed E-state index contributed by atoms with van der Waals surface area (Å²) in [6.07, 6.45) is 2.63. The Balaban J connectivity index is 1.50. The molecule has 6 rings (SSSR count). The molecule has 0 amide bonds. The van der Waals surface area contributed by atoms with Crippen molar-refractivity contribution >= 4 is 22.6 Å². The van der Waals surface area contributed by atoms with Crippen molar-refractivity contribution in [1.29, 1.82) is 0 Å². The summed E-state index contributed by atoms with van der Waals surface area (Å²) in [5.74, 6) is 1.15. The van der Waals surface area contributed by atoms with E-state index in [4.69, 9.17) is 0 Å². The molecule has 2 atom stereocenters. The zero-order valence-corrected chi connectivity index (χ0v) is 19.4. The van der Waals surface area contributed by atoms with E-state index in [1.165, 1.54) is 46.2 Å². The lowest BCUT2D eigenvalue weighted by atomic mass is 9.70. The van der Waals surface area contributed by atoms with Gasteiger partial charge in [-0.15, -0.1) is 0 Å². The molecule has 154 valence electrons. The summed E-state index contributed by atoms with van der Waals surface area (Å²) in [6, 6.07) is 32.1. The summed E-state index contributed by atoms with van der Waals surface area (Å²) < 4.78 is 1.35. The first-order chi connectivity index (χ1) is 14.8. The molecule has 0 saturated carbocycles. The van der Waals surface area contributed by atoms with Crippen LogP contribution in [0.5, 0.6) is 0 Å². The normalized spacial score (nSPS) is 25.5. The molecule has 1 N–H and O–H groups in total. The minimum Gasteiger partial charge on any atom is -0.308 e. The summed E-state index contributed by atoms with van der Waals surface area (Å²) in [5, 5.41) is 4.03. The number of benzene rings is 3. The highest BCUT2D eigenvalue weighted by molar-refractivity contribution is 14.1. The van der Waals surface area contributed by atoms with Gasteiger partial charge in [0.25, 0.3) is 0 Å². The lowest BCUT2D eigenvalue weighted by Crippen LogP contribution is -2.64. The summed E-state index contributed by atoms with van der Waals surface area (Å²) in [7, 11) is 0. The van der Waals surface area contributed by atoms with E-state index < -0.39 is 0 Å². The van der Waals surface area contributed by atoms with E-state index in [1.807, 2.05) is 0 Å². The van der Waals surface area contributed by atoms with E-state index in [0.717, 1.165) is 12.5 Å². The van der Waals surface area contributed by atoms with Crippen LogP contribution in [0, 0.1) is 9.49 Å². The molecule has 2 bridgehead atoms. The topological polar surface area (TPSA) is 15.3 Å². The maximum Gasteiger partial charge on any atom is 0.0361 e. The van der Waals surface area contributed by atoms with E-state index >= 15 is 0 Å². The Kier molecular flexibility index (Phi) is 6.21. The van der Waals surface area contributed by atoms with Gasteiger partial charge in [-0.1, -0.05) is 78.9 Å². The van der Waals surface area contributed by atoms with Gasteiger partial charge in [-0.2, -0.15) is 0 Å². The molecule has 3 heteroatoms. The molecular weight excluding hydrogens is 477 g/mol. The molecule has 3 heterocycles. The predicted octanol–water partition coefficient (Wildman–Crippen LogP) is 5.68. The van der Waals surface area contributed by atoms with Crippen molar-refractivity contribution in [2.75, 3.05) is 13.1 Å². The Labute approximate surface area is 193 Å². The van der Waals surface area contributed by atoms with Gasteiger partial charge in [0, 0.05) is 28.1 Å². The second kappa shape index (κ2) is 9.21. The van der Waals surface area contributed by atoms with Crippen molar-refractivity contribution in [2.45, 2.75) is 37.4 Å². The average Bonchev–Trinajstić information content (AvgIpc) is 2.81. The number of halogens is 1. The van der Waals surface area contributed by atoms with Crippen LogP contribution in [0.1, 0.15) is 35.4 Å². The smallest absolute Gasteiger partial charge is 0.0361 e. The third kappa shape index (κ3) is 4.08. The van der Waals surface area contributed by atoms with Gasteiger partial charge < -0.3 is 5.32 Å². The van der Waals surface area contributed by atoms with E-state index in [1.54, 1.807) is 0 Å². The van der Waals surface area contributed by atoms with Crippen LogP contribution in [0.15, 0.2) is 84.9 Å². The zero-order chi connectivity index (χ0) is 20.3. The summed E-state index contributed by atoms with van der Waals surface area (Å²) in [4.78, 5) is 2.76. The van der Waals surface area contributed by atoms with Crippen LogP contribution >= 0.6 is 22.6 Å². The number of nitrogens with zero attached hydrogens (tertiary/aromatic N) is 1. The molecule has 3 aliphatic heterocycles. The van der Waals surface area contributed by atoms with Crippen molar-refractivity contribution in [3.05, 3.63) is 105 Å². The molecule has 0 radical (unpaired) electrons. The second-order valence-electron chi connectivity index (χ2n) is 8.66. The first-order valence-electron chi connectivity index (χ1n) is 11.1. The van der Waals surface area contributed by atoms with Crippen molar-refractivity contribution in [3.63, 3.8) is 0 Å². The van der Waals surface area contributed by atoms with Gasteiger partial charge >= 0.3 is 0 Å². The van der Waals surface area contributed by atoms with Crippen LogP contribution in [-0.4, -0.2) is 30.1 Å². The van der Waals surface area contributed by atoms with Gasteiger partial charge in [0.15, 0.2) is 0 Å². The number of hydrogen-bond acceptors (Lipinski definition) is 2. The first kappa shape index (κ1) is 20.2. The maximum absolute atomic E-state index is 4.03. The molecule has 0 aromatic heterocycles. The fourth-order valence-corrected chi connectivity index (χ4v) is 6.14. The fraction of sp³-hybridized carbons (Fsp3) is 0.333. The Hall–Kier alpha value is -1.69. The fourth-order valence-electron chi connectivity index (χ4n) is 5.57. The van der Waals surface area contributed by atoms with Crippen molar-refractivity contribution in [2.24, 2.45) is 5.92 Å². The van der Waals surface area contributed by atoms with Crippen LogP contribution in [0.25, 0.3) is 0 Å². The number of hydrogen-bond donors (Lipinski definition) is 1. The third-order valence-corrected chi connectivity index (χ3v) is 8.07. The molecule has 0 aliphatic carbocycles. The van der Waals surface area contributed by atoms with Gasteiger partial charge in [-0.25, -0.2) is 0 Å². The van der Waals surface area contributed by atoms with Gasteiger partial charge in [0.2, 0.25) is 0 Å². The lowest BCUT2D eigenvalue weighted by Gasteiger charge is -2.54. The van der Waals surface area contributed by atoms with Crippen LogP contribution in [0.3, 0.4) is 0 Å². The average molecular weight is 506 g/mol. The van der Waals surface area contributed by atoms with E-state index in [0.29, 0.717) is 18.0 Å². The van der Waals surface area contributed by atoms with Gasteiger partial charge in [-0.3, -0.25) is 4.90 Å². The van der Waals surface area contributed by atoms with E-state index in [-0.39, 0.29) is 0 Å².